The maximum absolute atomic E-state index is 6.08. The minimum Gasteiger partial charge on any atom is -0.479 e. The van der Waals surface area contributed by atoms with Crippen molar-refractivity contribution in [3.05, 3.63) is 5.82 Å². The lowest BCUT2D eigenvalue weighted by Gasteiger charge is -2.19. The van der Waals surface area contributed by atoms with Crippen LogP contribution in [0.1, 0.15) is 38.6 Å². The number of anilines is 2. The summed E-state index contributed by atoms with van der Waals surface area (Å²) in [4.78, 5) is 11.3. The van der Waals surface area contributed by atoms with Gasteiger partial charge in [-0.1, -0.05) is 13.8 Å². The van der Waals surface area contributed by atoms with Gasteiger partial charge in [-0.25, -0.2) is 4.98 Å². The first-order valence-corrected chi connectivity index (χ1v) is 7.98. The topological polar surface area (TPSA) is 85.5 Å². The first kappa shape index (κ1) is 16.8. The van der Waals surface area contributed by atoms with E-state index < -0.39 is 0 Å². The van der Waals surface area contributed by atoms with Crippen LogP contribution in [-0.2, 0) is 4.74 Å². The molecule has 0 saturated carbocycles. The van der Waals surface area contributed by atoms with Crippen molar-refractivity contribution in [1.29, 1.82) is 0 Å². The van der Waals surface area contributed by atoms with E-state index in [1.165, 1.54) is 0 Å². The van der Waals surface area contributed by atoms with Crippen LogP contribution >= 0.6 is 0 Å². The SMILES string of the molecule is CCN(CC)CCNc1nc(C2CCCO2)nc(OC)c1N. The average Bonchev–Trinajstić information content (AvgIpc) is 3.07. The third-order valence-electron chi connectivity index (χ3n) is 3.95. The number of ether oxygens (including phenoxy) is 2. The molecule has 1 saturated heterocycles. The molecule has 0 aliphatic carbocycles. The molecule has 1 atom stereocenters. The van der Waals surface area contributed by atoms with Crippen molar-refractivity contribution in [3.63, 3.8) is 0 Å². The molecule has 7 nitrogen and oxygen atoms in total. The highest BCUT2D eigenvalue weighted by Crippen LogP contribution is 2.32. The van der Waals surface area contributed by atoms with E-state index in [1.54, 1.807) is 7.11 Å². The number of rotatable bonds is 8. The van der Waals surface area contributed by atoms with Crippen molar-refractivity contribution in [2.24, 2.45) is 0 Å². The molecule has 0 bridgehead atoms. The van der Waals surface area contributed by atoms with E-state index in [9.17, 15) is 0 Å². The highest BCUT2D eigenvalue weighted by Gasteiger charge is 2.23. The normalized spacial score (nSPS) is 17.9. The van der Waals surface area contributed by atoms with Gasteiger partial charge in [-0.3, -0.25) is 0 Å². The van der Waals surface area contributed by atoms with Crippen LogP contribution in [0, 0.1) is 0 Å². The van der Waals surface area contributed by atoms with Gasteiger partial charge >= 0.3 is 0 Å². The summed E-state index contributed by atoms with van der Waals surface area (Å²) in [6.45, 7) is 8.84. The number of nitrogens with two attached hydrogens (primary N) is 1. The van der Waals surface area contributed by atoms with Crippen LogP contribution in [0.15, 0.2) is 0 Å². The van der Waals surface area contributed by atoms with Crippen molar-refractivity contribution < 1.29 is 9.47 Å². The van der Waals surface area contributed by atoms with E-state index >= 15 is 0 Å². The molecule has 2 heterocycles. The second kappa shape index (κ2) is 8.14. The van der Waals surface area contributed by atoms with Crippen molar-refractivity contribution in [2.75, 3.05) is 50.9 Å². The van der Waals surface area contributed by atoms with Gasteiger partial charge in [-0.05, 0) is 25.9 Å². The van der Waals surface area contributed by atoms with Gasteiger partial charge in [-0.2, -0.15) is 4.98 Å². The molecule has 124 valence electrons. The number of nitrogen functional groups attached to an aromatic ring is 1. The van der Waals surface area contributed by atoms with E-state index in [0.29, 0.717) is 23.2 Å². The van der Waals surface area contributed by atoms with Crippen molar-refractivity contribution >= 4 is 11.5 Å². The summed E-state index contributed by atoms with van der Waals surface area (Å²) in [6.07, 6.45) is 1.91. The number of methoxy groups -OCH3 is 1. The zero-order valence-electron chi connectivity index (χ0n) is 13.8. The third-order valence-corrected chi connectivity index (χ3v) is 3.95. The van der Waals surface area contributed by atoms with Crippen LogP contribution in [-0.4, -0.2) is 54.8 Å². The molecule has 22 heavy (non-hydrogen) atoms. The summed E-state index contributed by atoms with van der Waals surface area (Å²) in [6, 6.07) is 0. The molecule has 3 N–H and O–H groups in total. The van der Waals surface area contributed by atoms with Crippen LogP contribution in [0.5, 0.6) is 5.88 Å². The first-order valence-electron chi connectivity index (χ1n) is 7.98. The van der Waals surface area contributed by atoms with Crippen LogP contribution in [0.4, 0.5) is 11.5 Å². The monoisotopic (exact) mass is 309 g/mol. The Kier molecular flexibility index (Phi) is 6.21. The quantitative estimate of drug-likeness (QED) is 0.755. The lowest BCUT2D eigenvalue weighted by atomic mass is 10.2. The Bertz CT molecular complexity index is 473. The fourth-order valence-corrected chi connectivity index (χ4v) is 2.55. The third kappa shape index (κ3) is 3.98. The Hall–Kier alpha value is -1.60. The van der Waals surface area contributed by atoms with Crippen molar-refractivity contribution in [3.8, 4) is 5.88 Å². The summed E-state index contributed by atoms with van der Waals surface area (Å²) in [5.41, 5.74) is 6.52. The first-order chi connectivity index (χ1) is 10.7. The maximum Gasteiger partial charge on any atom is 0.242 e. The summed E-state index contributed by atoms with van der Waals surface area (Å²) in [5, 5.41) is 3.30. The largest absolute Gasteiger partial charge is 0.479 e. The Labute approximate surface area is 132 Å². The number of nitrogens with zero attached hydrogens (tertiary/aromatic N) is 3. The van der Waals surface area contributed by atoms with Gasteiger partial charge in [-0.15, -0.1) is 0 Å². The lowest BCUT2D eigenvalue weighted by molar-refractivity contribution is 0.104. The highest BCUT2D eigenvalue weighted by molar-refractivity contribution is 5.67. The van der Waals surface area contributed by atoms with Gasteiger partial charge in [0.1, 0.15) is 11.8 Å². The Morgan fingerprint density at radius 1 is 1.36 bits per heavy atom. The average molecular weight is 309 g/mol. The van der Waals surface area contributed by atoms with Crippen LogP contribution < -0.4 is 15.8 Å². The van der Waals surface area contributed by atoms with Gasteiger partial charge in [0.15, 0.2) is 11.6 Å². The standard InChI is InChI=1S/C15H27N5O2/c1-4-20(5-2)9-8-17-14-12(16)15(21-3)19-13(18-14)11-7-6-10-22-11/h11H,4-10,16H2,1-3H3,(H,17,18,19). The second-order valence-electron chi connectivity index (χ2n) is 5.31. The summed E-state index contributed by atoms with van der Waals surface area (Å²) >= 11 is 0. The zero-order valence-corrected chi connectivity index (χ0v) is 13.8. The molecule has 0 spiro atoms. The molecule has 1 aromatic heterocycles. The Morgan fingerprint density at radius 3 is 2.73 bits per heavy atom. The number of likely N-dealkylation sites (N-methyl/N-ethyl adjacent to an activating group) is 1. The predicted octanol–water partition coefficient (Wildman–Crippen LogP) is 1.67. The number of nitrogens with one attached hydrogen (secondary N) is 1. The van der Waals surface area contributed by atoms with Crippen molar-refractivity contribution in [1.82, 2.24) is 14.9 Å². The number of aromatic nitrogens is 2. The molecular weight excluding hydrogens is 282 g/mol. The maximum atomic E-state index is 6.08. The van der Waals surface area contributed by atoms with Gasteiger partial charge in [0.25, 0.3) is 0 Å². The van der Waals surface area contributed by atoms with E-state index in [2.05, 4.69) is 34.0 Å². The van der Waals surface area contributed by atoms with Crippen molar-refractivity contribution in [2.45, 2.75) is 32.8 Å². The molecule has 1 aliphatic heterocycles. The molecule has 2 rings (SSSR count). The van der Waals surface area contributed by atoms with Gasteiger partial charge in [0, 0.05) is 19.7 Å². The van der Waals surface area contributed by atoms with Crippen LogP contribution in [0.3, 0.4) is 0 Å². The fourth-order valence-electron chi connectivity index (χ4n) is 2.55. The van der Waals surface area contributed by atoms with E-state index in [4.69, 9.17) is 15.2 Å². The smallest absolute Gasteiger partial charge is 0.242 e. The molecule has 1 aromatic rings. The summed E-state index contributed by atoms with van der Waals surface area (Å²) in [5.74, 6) is 1.68. The molecule has 0 aromatic carbocycles. The fraction of sp³-hybridized carbons (Fsp3) is 0.733. The molecule has 1 fully saturated rings. The summed E-state index contributed by atoms with van der Waals surface area (Å²) in [7, 11) is 1.57. The van der Waals surface area contributed by atoms with E-state index in [-0.39, 0.29) is 6.10 Å². The minimum absolute atomic E-state index is 0.0576. The van der Waals surface area contributed by atoms with Crippen LogP contribution in [0.2, 0.25) is 0 Å². The van der Waals surface area contributed by atoms with Crippen LogP contribution in [0.25, 0.3) is 0 Å². The molecule has 7 heteroatoms. The van der Waals surface area contributed by atoms with E-state index in [1.807, 2.05) is 0 Å². The lowest BCUT2D eigenvalue weighted by Crippen LogP contribution is -2.29. The molecule has 0 amide bonds. The number of hydrogen-bond donors (Lipinski definition) is 2. The highest BCUT2D eigenvalue weighted by atomic mass is 16.5. The molecular formula is C15H27N5O2. The minimum atomic E-state index is -0.0576. The molecule has 0 radical (unpaired) electrons. The zero-order chi connectivity index (χ0) is 15.9. The Balaban J connectivity index is 2.09. The van der Waals surface area contributed by atoms with E-state index in [0.717, 1.165) is 45.6 Å². The summed E-state index contributed by atoms with van der Waals surface area (Å²) < 4.78 is 10.9. The van der Waals surface area contributed by atoms with Gasteiger partial charge < -0.3 is 25.4 Å². The second-order valence-corrected chi connectivity index (χ2v) is 5.31. The predicted molar refractivity (Wildman–Crippen MR) is 87.2 cm³/mol. The molecule has 1 unspecified atom stereocenters. The number of hydrogen-bond acceptors (Lipinski definition) is 7. The van der Waals surface area contributed by atoms with Gasteiger partial charge in [0.05, 0.1) is 7.11 Å². The molecule has 1 aliphatic rings. The van der Waals surface area contributed by atoms with Gasteiger partial charge in [0.2, 0.25) is 5.88 Å². The Morgan fingerprint density at radius 2 is 2.14 bits per heavy atom.